The van der Waals surface area contributed by atoms with Gasteiger partial charge in [0, 0.05) is 25.8 Å². The van der Waals surface area contributed by atoms with Crippen LogP contribution in [0.3, 0.4) is 0 Å². The first-order valence-electron chi connectivity index (χ1n) is 6.89. The molecule has 1 aliphatic rings. The summed E-state index contributed by atoms with van der Waals surface area (Å²) < 4.78 is 18.8. The van der Waals surface area contributed by atoms with Crippen molar-refractivity contribution in [3.05, 3.63) is 35.1 Å². The van der Waals surface area contributed by atoms with Crippen LogP contribution in [-0.2, 0) is 11.3 Å². The summed E-state index contributed by atoms with van der Waals surface area (Å²) in [5, 5.41) is 0. The smallest absolute Gasteiger partial charge is 0.133 e. The predicted molar refractivity (Wildman–Crippen MR) is 82.2 cm³/mol. The largest absolute Gasteiger partial charge is 0.389 e. The average Bonchev–Trinajstić information content (AvgIpc) is 2.41. The van der Waals surface area contributed by atoms with Crippen molar-refractivity contribution in [1.29, 1.82) is 0 Å². The van der Waals surface area contributed by atoms with Gasteiger partial charge in [0.15, 0.2) is 0 Å². The number of benzene rings is 1. The lowest BCUT2D eigenvalue weighted by Crippen LogP contribution is -2.36. The van der Waals surface area contributed by atoms with E-state index in [1.807, 2.05) is 0 Å². The minimum Gasteiger partial charge on any atom is -0.389 e. The van der Waals surface area contributed by atoms with Crippen LogP contribution in [0.4, 0.5) is 4.39 Å². The highest BCUT2D eigenvalue weighted by Crippen LogP contribution is 2.20. The van der Waals surface area contributed by atoms with Crippen molar-refractivity contribution < 1.29 is 9.13 Å². The van der Waals surface area contributed by atoms with E-state index < -0.39 is 0 Å². The van der Waals surface area contributed by atoms with Crippen molar-refractivity contribution in [3.8, 4) is 0 Å². The monoisotopic (exact) mass is 296 g/mol. The second-order valence-corrected chi connectivity index (χ2v) is 5.82. The Morgan fingerprint density at radius 1 is 1.55 bits per heavy atom. The fourth-order valence-electron chi connectivity index (χ4n) is 2.78. The van der Waals surface area contributed by atoms with Gasteiger partial charge in [0.05, 0.1) is 6.61 Å². The zero-order valence-electron chi connectivity index (χ0n) is 11.8. The summed E-state index contributed by atoms with van der Waals surface area (Å²) in [4.78, 5) is 2.49. The molecule has 1 atom stereocenters. The second kappa shape index (κ2) is 7.11. The Hall–Kier alpha value is -1.04. The summed E-state index contributed by atoms with van der Waals surface area (Å²) in [7, 11) is 1.74. The molecule has 110 valence electrons. The van der Waals surface area contributed by atoms with Crippen LogP contribution in [0.25, 0.3) is 0 Å². The molecule has 2 rings (SSSR count). The fraction of sp³-hybridized carbons (Fsp3) is 0.533. The molecular formula is C15H21FN2OS. The maximum Gasteiger partial charge on any atom is 0.133 e. The molecule has 0 saturated carbocycles. The van der Waals surface area contributed by atoms with Crippen LogP contribution in [0.1, 0.15) is 24.0 Å². The van der Waals surface area contributed by atoms with Gasteiger partial charge < -0.3 is 10.5 Å². The fourth-order valence-corrected chi connectivity index (χ4v) is 2.94. The molecule has 0 aliphatic carbocycles. The first-order valence-corrected chi connectivity index (χ1v) is 7.30. The third-order valence-corrected chi connectivity index (χ3v) is 3.93. The number of thiocarbonyl (C=S) groups is 1. The number of hydrogen-bond donors (Lipinski definition) is 1. The lowest BCUT2D eigenvalue weighted by molar-refractivity contribution is 0.0874. The number of halogens is 1. The standard InChI is InChI=1S/C15H21FN2OS/c1-19-10-12-3-2-6-18(9-12)8-11-4-5-14(16)13(7-11)15(17)20/h4-5,7,12H,2-3,6,8-10H2,1H3,(H2,17,20). The molecule has 0 aromatic heterocycles. The molecule has 3 nitrogen and oxygen atoms in total. The highest BCUT2D eigenvalue weighted by Gasteiger charge is 2.20. The summed E-state index contributed by atoms with van der Waals surface area (Å²) in [6, 6.07) is 5.01. The van der Waals surface area contributed by atoms with E-state index >= 15 is 0 Å². The van der Waals surface area contributed by atoms with Gasteiger partial charge >= 0.3 is 0 Å². The number of ether oxygens (including phenoxy) is 1. The van der Waals surface area contributed by atoms with E-state index in [1.54, 1.807) is 19.2 Å². The molecule has 1 heterocycles. The molecule has 1 unspecified atom stereocenters. The molecule has 1 aromatic carbocycles. The zero-order valence-corrected chi connectivity index (χ0v) is 12.6. The van der Waals surface area contributed by atoms with E-state index in [-0.39, 0.29) is 10.8 Å². The summed E-state index contributed by atoms with van der Waals surface area (Å²) in [6.45, 7) is 3.70. The molecule has 0 amide bonds. The second-order valence-electron chi connectivity index (χ2n) is 5.38. The Kier molecular flexibility index (Phi) is 5.46. The van der Waals surface area contributed by atoms with Crippen molar-refractivity contribution in [1.82, 2.24) is 4.90 Å². The van der Waals surface area contributed by atoms with E-state index in [2.05, 4.69) is 4.90 Å². The zero-order chi connectivity index (χ0) is 14.5. The summed E-state index contributed by atoms with van der Waals surface area (Å²) in [5.41, 5.74) is 6.92. The van der Waals surface area contributed by atoms with Crippen molar-refractivity contribution >= 4 is 17.2 Å². The lowest BCUT2D eigenvalue weighted by Gasteiger charge is -2.32. The Morgan fingerprint density at radius 2 is 2.35 bits per heavy atom. The van der Waals surface area contributed by atoms with Crippen molar-refractivity contribution in [2.45, 2.75) is 19.4 Å². The van der Waals surface area contributed by atoms with Crippen LogP contribution in [0.2, 0.25) is 0 Å². The van der Waals surface area contributed by atoms with Gasteiger partial charge in [-0.1, -0.05) is 18.3 Å². The Bertz CT molecular complexity index is 479. The van der Waals surface area contributed by atoms with Crippen LogP contribution in [-0.4, -0.2) is 36.7 Å². The molecule has 1 saturated heterocycles. The number of rotatable bonds is 5. The van der Waals surface area contributed by atoms with Gasteiger partial charge in [-0.25, -0.2) is 4.39 Å². The van der Waals surface area contributed by atoms with Crippen LogP contribution < -0.4 is 5.73 Å². The van der Waals surface area contributed by atoms with Gasteiger partial charge in [-0.15, -0.1) is 0 Å². The third kappa shape index (κ3) is 3.98. The highest BCUT2D eigenvalue weighted by molar-refractivity contribution is 7.80. The van der Waals surface area contributed by atoms with Gasteiger partial charge in [0.1, 0.15) is 10.8 Å². The van der Waals surface area contributed by atoms with Crippen LogP contribution in [0, 0.1) is 11.7 Å². The van der Waals surface area contributed by atoms with Crippen molar-refractivity contribution in [2.75, 3.05) is 26.8 Å². The number of methoxy groups -OCH3 is 1. The van der Waals surface area contributed by atoms with Gasteiger partial charge in [-0.3, -0.25) is 4.90 Å². The van der Waals surface area contributed by atoms with Crippen LogP contribution in [0.15, 0.2) is 18.2 Å². The van der Waals surface area contributed by atoms with Crippen molar-refractivity contribution in [2.24, 2.45) is 11.7 Å². The van der Waals surface area contributed by atoms with Crippen LogP contribution >= 0.6 is 12.2 Å². The number of piperidine rings is 1. The number of nitrogens with zero attached hydrogens (tertiary/aromatic N) is 1. The number of nitrogens with two attached hydrogens (primary N) is 1. The van der Waals surface area contributed by atoms with E-state index in [1.165, 1.54) is 18.9 Å². The topological polar surface area (TPSA) is 38.5 Å². The van der Waals surface area contributed by atoms with E-state index in [9.17, 15) is 4.39 Å². The normalized spacial score (nSPS) is 20.0. The van der Waals surface area contributed by atoms with E-state index in [4.69, 9.17) is 22.7 Å². The molecule has 2 N–H and O–H groups in total. The minimum absolute atomic E-state index is 0.111. The Morgan fingerprint density at radius 3 is 3.05 bits per heavy atom. The Labute approximate surface area is 124 Å². The molecule has 1 aliphatic heterocycles. The molecule has 0 bridgehead atoms. The van der Waals surface area contributed by atoms with Crippen LogP contribution in [0.5, 0.6) is 0 Å². The Balaban J connectivity index is 2.02. The molecule has 1 aromatic rings. The summed E-state index contributed by atoms with van der Waals surface area (Å²) in [5.74, 6) is 0.237. The summed E-state index contributed by atoms with van der Waals surface area (Å²) in [6.07, 6.45) is 2.39. The number of hydrogen-bond acceptors (Lipinski definition) is 3. The quantitative estimate of drug-likeness (QED) is 0.846. The van der Waals surface area contributed by atoms with Crippen molar-refractivity contribution in [3.63, 3.8) is 0 Å². The molecular weight excluding hydrogens is 275 g/mol. The van der Waals surface area contributed by atoms with Gasteiger partial charge in [-0.05, 0) is 43.0 Å². The predicted octanol–water partition coefficient (Wildman–Crippen LogP) is 2.32. The van der Waals surface area contributed by atoms with E-state index in [0.717, 1.165) is 31.8 Å². The third-order valence-electron chi connectivity index (χ3n) is 3.71. The van der Waals surface area contributed by atoms with E-state index in [0.29, 0.717) is 11.5 Å². The molecule has 5 heteroatoms. The molecule has 20 heavy (non-hydrogen) atoms. The van der Waals surface area contributed by atoms with Gasteiger partial charge in [-0.2, -0.15) is 0 Å². The minimum atomic E-state index is -0.350. The number of likely N-dealkylation sites (tertiary alicyclic amines) is 1. The maximum atomic E-state index is 13.6. The summed E-state index contributed by atoms with van der Waals surface area (Å²) >= 11 is 4.87. The average molecular weight is 296 g/mol. The first-order chi connectivity index (χ1) is 9.60. The SMILES string of the molecule is COCC1CCCN(Cc2ccc(F)c(C(N)=S)c2)C1. The lowest BCUT2D eigenvalue weighted by atomic mass is 9.98. The molecule has 1 fully saturated rings. The maximum absolute atomic E-state index is 13.6. The highest BCUT2D eigenvalue weighted by atomic mass is 32.1. The first kappa shape index (κ1) is 15.4. The molecule has 0 spiro atoms. The molecule has 0 radical (unpaired) electrons. The van der Waals surface area contributed by atoms with Gasteiger partial charge in [0.2, 0.25) is 0 Å². The van der Waals surface area contributed by atoms with Gasteiger partial charge in [0.25, 0.3) is 0 Å².